The quantitative estimate of drug-likeness (QED) is 0.902. The van der Waals surface area contributed by atoms with E-state index in [1.165, 1.54) is 22.7 Å². The van der Waals surface area contributed by atoms with E-state index in [9.17, 15) is 4.79 Å². The van der Waals surface area contributed by atoms with Gasteiger partial charge in [0.2, 0.25) is 0 Å². The Bertz CT molecular complexity index is 508. The van der Waals surface area contributed by atoms with Crippen molar-refractivity contribution < 1.29 is 4.79 Å². The van der Waals surface area contributed by atoms with E-state index in [4.69, 9.17) is 17.3 Å². The third-order valence-electron chi connectivity index (χ3n) is 1.81. The first-order chi connectivity index (χ1) is 7.65. The zero-order valence-electron chi connectivity index (χ0n) is 8.07. The first-order valence-corrected chi connectivity index (χ1v) is 6.46. The van der Waals surface area contributed by atoms with Crippen LogP contribution in [0.3, 0.4) is 0 Å². The number of thiophene rings is 1. The normalized spacial score (nSPS) is 10.3. The Labute approximate surface area is 105 Å². The Morgan fingerprint density at radius 3 is 2.94 bits per heavy atom. The number of hydrogen-bond acceptors (Lipinski definition) is 5. The first-order valence-electron chi connectivity index (χ1n) is 4.38. The molecule has 3 N–H and O–H groups in total. The number of nitrogens with one attached hydrogen (secondary N) is 1. The molecular weight excluding hydrogens is 266 g/mol. The number of nitrogens with two attached hydrogens (primary N) is 1. The molecule has 0 saturated heterocycles. The predicted molar refractivity (Wildman–Crippen MR) is 67.0 cm³/mol. The number of nitrogen functional groups attached to an aromatic ring is 1. The number of nitrogens with zero attached hydrogens (tertiary/aromatic N) is 1. The van der Waals surface area contributed by atoms with Crippen LogP contribution in [0.1, 0.15) is 15.4 Å². The zero-order chi connectivity index (χ0) is 11.5. The van der Waals surface area contributed by atoms with E-state index in [0.29, 0.717) is 21.7 Å². The highest BCUT2D eigenvalue weighted by Gasteiger charge is 2.09. The van der Waals surface area contributed by atoms with Crippen LogP contribution in [0.5, 0.6) is 0 Å². The van der Waals surface area contributed by atoms with E-state index in [2.05, 4.69) is 10.3 Å². The largest absolute Gasteiger partial charge is 0.375 e. The van der Waals surface area contributed by atoms with Gasteiger partial charge in [-0.2, -0.15) is 0 Å². The van der Waals surface area contributed by atoms with Crippen molar-refractivity contribution >= 4 is 45.3 Å². The molecule has 0 spiro atoms. The third-order valence-corrected chi connectivity index (χ3v) is 3.71. The van der Waals surface area contributed by atoms with Gasteiger partial charge in [-0.15, -0.1) is 22.7 Å². The van der Waals surface area contributed by atoms with Gasteiger partial charge in [-0.25, -0.2) is 4.98 Å². The molecule has 7 heteroatoms. The summed E-state index contributed by atoms with van der Waals surface area (Å²) in [5.74, 6) is -0.225. The Hall–Kier alpha value is -1.11. The number of carbonyl (C=O) groups is 1. The number of aromatic nitrogens is 1. The molecule has 0 radical (unpaired) electrons. The highest BCUT2D eigenvalue weighted by molar-refractivity contribution is 7.16. The van der Waals surface area contributed by atoms with Gasteiger partial charge in [-0.3, -0.25) is 4.79 Å². The second kappa shape index (κ2) is 4.82. The van der Waals surface area contributed by atoms with Gasteiger partial charge >= 0.3 is 0 Å². The average molecular weight is 274 g/mol. The molecule has 0 unspecified atom stereocenters. The molecule has 1 amide bonds. The number of halogens is 1. The Balaban J connectivity index is 1.93. The summed E-state index contributed by atoms with van der Waals surface area (Å²) >= 11 is 8.46. The minimum atomic E-state index is -0.225. The summed E-state index contributed by atoms with van der Waals surface area (Å²) in [4.78, 5) is 16.5. The summed E-state index contributed by atoms with van der Waals surface area (Å²) in [6.07, 6.45) is 0. The number of amides is 1. The third kappa shape index (κ3) is 2.72. The molecule has 0 saturated carbocycles. The number of hydrogen-bond donors (Lipinski definition) is 2. The van der Waals surface area contributed by atoms with Gasteiger partial charge in [0.15, 0.2) is 5.13 Å². The molecule has 16 heavy (non-hydrogen) atoms. The van der Waals surface area contributed by atoms with Crippen LogP contribution >= 0.6 is 34.3 Å². The van der Waals surface area contributed by atoms with E-state index in [0.717, 1.165) is 4.88 Å². The van der Waals surface area contributed by atoms with E-state index in [1.807, 2.05) is 6.07 Å². The smallest absolute Gasteiger partial charge is 0.271 e. The van der Waals surface area contributed by atoms with Crippen LogP contribution in [0.25, 0.3) is 0 Å². The van der Waals surface area contributed by atoms with E-state index in [1.54, 1.807) is 11.4 Å². The van der Waals surface area contributed by atoms with Gasteiger partial charge in [0.25, 0.3) is 5.91 Å². The Morgan fingerprint density at radius 2 is 2.38 bits per heavy atom. The second-order valence-electron chi connectivity index (χ2n) is 2.96. The molecule has 2 heterocycles. The Kier molecular flexibility index (Phi) is 3.42. The molecule has 0 aromatic carbocycles. The lowest BCUT2D eigenvalue weighted by molar-refractivity contribution is 0.0947. The number of anilines is 1. The minimum absolute atomic E-state index is 0.225. The van der Waals surface area contributed by atoms with Crippen molar-refractivity contribution in [1.29, 1.82) is 0 Å². The lowest BCUT2D eigenvalue weighted by atomic mass is 10.4. The molecule has 84 valence electrons. The van der Waals surface area contributed by atoms with Crippen LogP contribution in [0.4, 0.5) is 5.13 Å². The first kappa shape index (κ1) is 11.4. The van der Waals surface area contributed by atoms with Crippen molar-refractivity contribution in [2.75, 3.05) is 5.73 Å². The van der Waals surface area contributed by atoms with E-state index >= 15 is 0 Å². The fraction of sp³-hybridized carbons (Fsp3) is 0.111. The van der Waals surface area contributed by atoms with Crippen molar-refractivity contribution in [2.45, 2.75) is 6.54 Å². The fourth-order valence-electron chi connectivity index (χ4n) is 1.10. The van der Waals surface area contributed by atoms with Gasteiger partial charge in [-0.1, -0.05) is 11.6 Å². The summed E-state index contributed by atoms with van der Waals surface area (Å²) in [7, 11) is 0. The van der Waals surface area contributed by atoms with Gasteiger partial charge in [-0.05, 0) is 12.1 Å². The average Bonchev–Trinajstić information content (AvgIpc) is 2.84. The summed E-state index contributed by atoms with van der Waals surface area (Å²) < 4.78 is 0.710. The molecule has 2 aromatic rings. The lowest BCUT2D eigenvalue weighted by Crippen LogP contribution is -2.22. The van der Waals surface area contributed by atoms with Crippen molar-refractivity contribution in [2.24, 2.45) is 0 Å². The highest BCUT2D eigenvalue weighted by atomic mass is 35.5. The maximum absolute atomic E-state index is 11.6. The van der Waals surface area contributed by atoms with Crippen LogP contribution in [0.2, 0.25) is 4.34 Å². The topological polar surface area (TPSA) is 68.0 Å². The Morgan fingerprint density at radius 1 is 1.56 bits per heavy atom. The van der Waals surface area contributed by atoms with Crippen molar-refractivity contribution in [3.8, 4) is 0 Å². The van der Waals surface area contributed by atoms with E-state index in [-0.39, 0.29) is 5.91 Å². The maximum atomic E-state index is 11.6. The second-order valence-corrected chi connectivity index (χ2v) is 5.65. The van der Waals surface area contributed by atoms with Crippen LogP contribution in [-0.4, -0.2) is 10.9 Å². The monoisotopic (exact) mass is 273 g/mol. The van der Waals surface area contributed by atoms with Gasteiger partial charge in [0, 0.05) is 10.3 Å². The lowest BCUT2D eigenvalue weighted by Gasteiger charge is -1.99. The molecule has 0 aliphatic heterocycles. The predicted octanol–water partition coefficient (Wildman–Crippen LogP) is 2.37. The standard InChI is InChI=1S/C9H8ClN3OS2/c10-7-2-1-5(16-7)3-12-8(14)6-4-15-9(11)13-6/h1-2,4H,3H2,(H2,11,13)(H,12,14). The van der Waals surface area contributed by atoms with Crippen molar-refractivity contribution in [1.82, 2.24) is 10.3 Å². The van der Waals surface area contributed by atoms with Gasteiger partial charge in [0.1, 0.15) is 5.69 Å². The molecule has 4 nitrogen and oxygen atoms in total. The summed E-state index contributed by atoms with van der Waals surface area (Å²) in [6, 6.07) is 3.68. The van der Waals surface area contributed by atoms with Crippen LogP contribution < -0.4 is 11.1 Å². The molecule has 2 rings (SSSR count). The van der Waals surface area contributed by atoms with Crippen LogP contribution in [0, 0.1) is 0 Å². The molecule has 0 fully saturated rings. The summed E-state index contributed by atoms with van der Waals surface area (Å²) in [5, 5.41) is 4.77. The number of thiazole rings is 1. The molecule has 0 atom stereocenters. The van der Waals surface area contributed by atoms with Crippen LogP contribution in [0.15, 0.2) is 17.5 Å². The SMILES string of the molecule is Nc1nc(C(=O)NCc2ccc(Cl)s2)cs1. The molecule has 2 aromatic heterocycles. The minimum Gasteiger partial charge on any atom is -0.375 e. The highest BCUT2D eigenvalue weighted by Crippen LogP contribution is 2.21. The summed E-state index contributed by atoms with van der Waals surface area (Å²) in [5.41, 5.74) is 5.79. The number of rotatable bonds is 3. The van der Waals surface area contributed by atoms with Crippen molar-refractivity contribution in [3.05, 3.63) is 32.4 Å². The summed E-state index contributed by atoms with van der Waals surface area (Å²) in [6.45, 7) is 0.452. The molecule has 0 aliphatic rings. The van der Waals surface area contributed by atoms with Gasteiger partial charge in [0.05, 0.1) is 10.9 Å². The fourth-order valence-corrected chi connectivity index (χ4v) is 2.67. The number of carbonyl (C=O) groups excluding carboxylic acids is 1. The van der Waals surface area contributed by atoms with Crippen LogP contribution in [-0.2, 0) is 6.54 Å². The van der Waals surface area contributed by atoms with Gasteiger partial charge < -0.3 is 11.1 Å². The molecular formula is C9H8ClN3OS2. The maximum Gasteiger partial charge on any atom is 0.271 e. The molecule has 0 aliphatic carbocycles. The van der Waals surface area contributed by atoms with Crippen molar-refractivity contribution in [3.63, 3.8) is 0 Å². The zero-order valence-corrected chi connectivity index (χ0v) is 10.5. The van der Waals surface area contributed by atoms with E-state index < -0.39 is 0 Å². The molecule has 0 bridgehead atoms.